The van der Waals surface area contributed by atoms with Crippen LogP contribution in [0.2, 0.25) is 0 Å². The largest absolute Gasteiger partial charge is 0.364 e. The number of piperidine rings is 1. The third kappa shape index (κ3) is 5.06. The van der Waals surface area contributed by atoms with Gasteiger partial charge >= 0.3 is 0 Å². The van der Waals surface area contributed by atoms with Crippen molar-refractivity contribution >= 4 is 38.4 Å². The number of carbonyl (C=O) groups is 2. The number of anilines is 1. The zero-order chi connectivity index (χ0) is 25.3. The number of benzene rings is 1. The Labute approximate surface area is 204 Å². The van der Waals surface area contributed by atoms with Crippen molar-refractivity contribution in [2.24, 2.45) is 11.7 Å². The first-order valence-corrected chi connectivity index (χ1v) is 13.2. The number of nitrogens with two attached hydrogens (primary N) is 1. The van der Waals surface area contributed by atoms with Gasteiger partial charge in [0.05, 0.1) is 33.9 Å². The van der Waals surface area contributed by atoms with Crippen LogP contribution in [-0.4, -0.2) is 58.1 Å². The molecule has 11 heteroatoms. The van der Waals surface area contributed by atoms with Crippen molar-refractivity contribution in [2.45, 2.75) is 40.2 Å². The van der Waals surface area contributed by atoms with Gasteiger partial charge in [-0.3, -0.25) is 14.3 Å². The first-order valence-electron chi connectivity index (χ1n) is 11.6. The number of hydrogen-bond donors (Lipinski definition) is 2. The molecule has 2 amide bonds. The molecule has 35 heavy (non-hydrogen) atoms. The second-order valence-corrected chi connectivity index (χ2v) is 11.1. The molecule has 1 aromatic carbocycles. The van der Waals surface area contributed by atoms with E-state index in [1.165, 1.54) is 6.07 Å². The van der Waals surface area contributed by atoms with Gasteiger partial charge in [-0.2, -0.15) is 5.10 Å². The van der Waals surface area contributed by atoms with Gasteiger partial charge in [0.15, 0.2) is 0 Å². The minimum Gasteiger partial charge on any atom is -0.364 e. The van der Waals surface area contributed by atoms with E-state index in [-0.39, 0.29) is 17.4 Å². The van der Waals surface area contributed by atoms with E-state index in [4.69, 9.17) is 5.73 Å². The number of rotatable bonds is 7. The molecule has 0 saturated carbocycles. The number of sulfonamides is 1. The van der Waals surface area contributed by atoms with Gasteiger partial charge in [-0.15, -0.1) is 0 Å². The lowest BCUT2D eigenvalue weighted by Crippen LogP contribution is -2.40. The van der Waals surface area contributed by atoms with E-state index < -0.39 is 15.9 Å². The maximum Gasteiger partial charge on any atom is 0.267 e. The number of para-hydroxylation sites is 1. The number of nitrogens with zero attached hydrogens (tertiary/aromatic N) is 4. The number of aromatic nitrogens is 3. The van der Waals surface area contributed by atoms with Crippen molar-refractivity contribution < 1.29 is 18.0 Å². The molecule has 0 bridgehead atoms. The Morgan fingerprint density at radius 3 is 2.51 bits per heavy atom. The van der Waals surface area contributed by atoms with Gasteiger partial charge in [-0.05, 0) is 51.7 Å². The first kappa shape index (κ1) is 24.8. The highest BCUT2D eigenvalue weighted by atomic mass is 32.2. The molecule has 3 N–H and O–H groups in total. The molecule has 0 radical (unpaired) electrons. The summed E-state index contributed by atoms with van der Waals surface area (Å²) in [5.41, 5.74) is 8.36. The van der Waals surface area contributed by atoms with E-state index in [0.29, 0.717) is 53.4 Å². The Bertz CT molecular complexity index is 1390. The minimum atomic E-state index is -3.16. The topological polar surface area (TPSA) is 140 Å². The van der Waals surface area contributed by atoms with E-state index in [9.17, 15) is 18.0 Å². The number of nitrogens with one attached hydrogen (secondary N) is 1. The summed E-state index contributed by atoms with van der Waals surface area (Å²) in [7, 11) is -3.16. The van der Waals surface area contributed by atoms with Crippen LogP contribution >= 0.6 is 0 Å². The predicted molar refractivity (Wildman–Crippen MR) is 134 cm³/mol. The number of primary amides is 1. The fraction of sp³-hybridized carbons (Fsp3) is 0.417. The summed E-state index contributed by atoms with van der Waals surface area (Å²) in [5, 5.41) is 8.20. The molecule has 1 aliphatic rings. The monoisotopic (exact) mass is 498 g/mol. The molecule has 0 aliphatic carbocycles. The summed E-state index contributed by atoms with van der Waals surface area (Å²) in [6, 6.07) is 8.49. The van der Waals surface area contributed by atoms with Gasteiger partial charge in [0.25, 0.3) is 11.8 Å². The van der Waals surface area contributed by atoms with Crippen molar-refractivity contribution in [3.63, 3.8) is 0 Å². The molecule has 2 aromatic heterocycles. The van der Waals surface area contributed by atoms with Crippen LogP contribution in [0.5, 0.6) is 0 Å². The van der Waals surface area contributed by atoms with E-state index in [0.717, 1.165) is 18.5 Å². The fourth-order valence-electron chi connectivity index (χ4n) is 4.52. The molecule has 0 atom stereocenters. The van der Waals surface area contributed by atoms with Crippen molar-refractivity contribution in [1.82, 2.24) is 19.1 Å². The van der Waals surface area contributed by atoms with Gasteiger partial charge in [0.1, 0.15) is 5.69 Å². The maximum atomic E-state index is 13.3. The standard InChI is InChI=1S/C24H30N6O4S/c1-4-35(33,34)29-11-9-17(10-12-29)14-30-16(3)22(15(2)28-30)27-24(32)19-13-21(23(25)31)26-20-8-6-5-7-18(19)20/h5-8,13,17H,4,9-12,14H2,1-3H3,(H2,25,31)(H,27,32). The molecule has 3 aromatic rings. The first-order chi connectivity index (χ1) is 16.6. The lowest BCUT2D eigenvalue weighted by atomic mass is 9.98. The molecule has 1 fully saturated rings. The number of carbonyl (C=O) groups excluding carboxylic acids is 2. The molecular formula is C24H30N6O4S. The van der Waals surface area contributed by atoms with E-state index in [1.807, 2.05) is 18.5 Å². The summed E-state index contributed by atoms with van der Waals surface area (Å²) in [6.45, 7) is 7.06. The average molecular weight is 499 g/mol. The van der Waals surface area contributed by atoms with Crippen molar-refractivity contribution in [1.29, 1.82) is 0 Å². The molecule has 10 nitrogen and oxygen atoms in total. The lowest BCUT2D eigenvalue weighted by molar-refractivity contribution is 0.0996. The number of amides is 2. The van der Waals surface area contributed by atoms with Crippen LogP contribution in [0.3, 0.4) is 0 Å². The van der Waals surface area contributed by atoms with Crippen molar-refractivity contribution in [3.8, 4) is 0 Å². The highest BCUT2D eigenvalue weighted by molar-refractivity contribution is 7.89. The Morgan fingerprint density at radius 1 is 1.17 bits per heavy atom. The quantitative estimate of drug-likeness (QED) is 0.513. The third-order valence-electron chi connectivity index (χ3n) is 6.60. The van der Waals surface area contributed by atoms with Gasteiger partial charge in [-0.1, -0.05) is 18.2 Å². The summed E-state index contributed by atoms with van der Waals surface area (Å²) >= 11 is 0. The van der Waals surface area contributed by atoms with Crippen molar-refractivity contribution in [3.05, 3.63) is 53.0 Å². The van der Waals surface area contributed by atoms with E-state index in [2.05, 4.69) is 15.4 Å². The SMILES string of the molecule is CCS(=O)(=O)N1CCC(Cn2nc(C)c(NC(=O)c3cc(C(N)=O)nc4ccccc34)c2C)CC1. The molecule has 186 valence electrons. The summed E-state index contributed by atoms with van der Waals surface area (Å²) < 4.78 is 27.7. The Morgan fingerprint density at radius 2 is 1.86 bits per heavy atom. The van der Waals surface area contributed by atoms with Crippen LogP contribution in [0.4, 0.5) is 5.69 Å². The number of pyridine rings is 1. The normalized spacial score (nSPS) is 15.4. The highest BCUT2D eigenvalue weighted by Crippen LogP contribution is 2.27. The molecule has 1 saturated heterocycles. The van der Waals surface area contributed by atoms with Gasteiger partial charge in [0.2, 0.25) is 10.0 Å². The minimum absolute atomic E-state index is 0.0226. The predicted octanol–water partition coefficient (Wildman–Crippen LogP) is 2.46. The van der Waals surface area contributed by atoms with E-state index in [1.54, 1.807) is 35.5 Å². The number of hydrogen-bond acceptors (Lipinski definition) is 6. The lowest BCUT2D eigenvalue weighted by Gasteiger charge is -2.31. The Kier molecular flexibility index (Phi) is 6.91. The van der Waals surface area contributed by atoms with Gasteiger partial charge < -0.3 is 11.1 Å². The third-order valence-corrected chi connectivity index (χ3v) is 8.48. The zero-order valence-corrected chi connectivity index (χ0v) is 20.9. The van der Waals surface area contributed by atoms with Gasteiger partial charge in [0, 0.05) is 25.0 Å². The number of fused-ring (bicyclic) bond motifs is 1. The summed E-state index contributed by atoms with van der Waals surface area (Å²) in [4.78, 5) is 29.3. The van der Waals surface area contributed by atoms with Crippen LogP contribution in [0.25, 0.3) is 10.9 Å². The molecule has 0 unspecified atom stereocenters. The second-order valence-electron chi connectivity index (χ2n) is 8.86. The molecule has 4 rings (SSSR count). The van der Waals surface area contributed by atoms with Crippen LogP contribution in [0, 0.1) is 19.8 Å². The van der Waals surface area contributed by atoms with Gasteiger partial charge in [-0.25, -0.2) is 17.7 Å². The zero-order valence-electron chi connectivity index (χ0n) is 20.1. The van der Waals surface area contributed by atoms with E-state index >= 15 is 0 Å². The highest BCUT2D eigenvalue weighted by Gasteiger charge is 2.28. The number of aryl methyl sites for hydroxylation is 1. The van der Waals surface area contributed by atoms with Crippen LogP contribution in [0.1, 0.15) is 52.0 Å². The Hall–Kier alpha value is -3.31. The summed E-state index contributed by atoms with van der Waals surface area (Å²) in [5.74, 6) is -0.675. The molecule has 1 aliphatic heterocycles. The maximum absolute atomic E-state index is 13.3. The second kappa shape index (κ2) is 9.74. The van der Waals surface area contributed by atoms with Crippen LogP contribution in [-0.2, 0) is 16.6 Å². The average Bonchev–Trinajstić information content (AvgIpc) is 3.10. The Balaban J connectivity index is 1.53. The molecular weight excluding hydrogens is 468 g/mol. The smallest absolute Gasteiger partial charge is 0.267 e. The molecule has 3 heterocycles. The molecule has 0 spiro atoms. The summed E-state index contributed by atoms with van der Waals surface area (Å²) in [6.07, 6.45) is 1.52. The van der Waals surface area contributed by atoms with Crippen LogP contribution < -0.4 is 11.1 Å². The van der Waals surface area contributed by atoms with Crippen molar-refractivity contribution in [2.75, 3.05) is 24.2 Å². The fourth-order valence-corrected chi connectivity index (χ4v) is 5.66. The van der Waals surface area contributed by atoms with Crippen LogP contribution in [0.15, 0.2) is 30.3 Å².